The second-order valence-corrected chi connectivity index (χ2v) is 5.77. The third kappa shape index (κ3) is 3.62. The number of carbonyl (C=O) groups is 1. The van der Waals surface area contributed by atoms with Crippen molar-refractivity contribution in [2.24, 2.45) is 0 Å². The molecule has 1 aromatic carbocycles. The predicted octanol–water partition coefficient (Wildman–Crippen LogP) is 1.68. The molecule has 2 rings (SSSR count). The Kier molecular flexibility index (Phi) is 3.62. The summed E-state index contributed by atoms with van der Waals surface area (Å²) in [6.45, 7) is 0. The van der Waals surface area contributed by atoms with Crippen molar-refractivity contribution < 1.29 is 13.2 Å². The summed E-state index contributed by atoms with van der Waals surface area (Å²) in [7, 11) is -3.31. The van der Waals surface area contributed by atoms with Crippen LogP contribution in [0.3, 0.4) is 0 Å². The predicted molar refractivity (Wildman–Crippen MR) is 72.6 cm³/mol. The zero-order chi connectivity index (χ0) is 13.9. The summed E-state index contributed by atoms with van der Waals surface area (Å²) < 4.78 is 24.4. The molecule has 0 fully saturated rings. The third-order valence-electron chi connectivity index (χ3n) is 2.37. The van der Waals surface area contributed by atoms with Gasteiger partial charge in [-0.1, -0.05) is 0 Å². The van der Waals surface area contributed by atoms with Crippen molar-refractivity contribution in [3.8, 4) is 0 Å². The zero-order valence-electron chi connectivity index (χ0n) is 10.2. The Balaban J connectivity index is 2.22. The van der Waals surface area contributed by atoms with Crippen LogP contribution in [0, 0.1) is 0 Å². The monoisotopic (exact) mass is 276 g/mol. The molecule has 0 aliphatic carbocycles. The molecule has 0 saturated heterocycles. The molecule has 0 saturated carbocycles. The average molecular weight is 276 g/mol. The van der Waals surface area contributed by atoms with Crippen LogP contribution in [0.4, 0.5) is 5.69 Å². The van der Waals surface area contributed by atoms with Crippen molar-refractivity contribution in [2.45, 2.75) is 0 Å². The van der Waals surface area contributed by atoms with E-state index in [4.69, 9.17) is 0 Å². The molecule has 1 heterocycles. The van der Waals surface area contributed by atoms with Crippen molar-refractivity contribution in [1.82, 2.24) is 4.98 Å². The Morgan fingerprint density at radius 1 is 1.11 bits per heavy atom. The molecule has 6 heteroatoms. The van der Waals surface area contributed by atoms with Crippen molar-refractivity contribution in [1.29, 1.82) is 0 Å². The molecule has 1 N–H and O–H groups in total. The lowest BCUT2D eigenvalue weighted by atomic mass is 10.1. The van der Waals surface area contributed by atoms with Gasteiger partial charge in [-0.25, -0.2) is 8.42 Å². The van der Waals surface area contributed by atoms with E-state index in [2.05, 4.69) is 9.71 Å². The Morgan fingerprint density at radius 3 is 2.32 bits per heavy atom. The highest BCUT2D eigenvalue weighted by atomic mass is 32.2. The topological polar surface area (TPSA) is 76.1 Å². The number of anilines is 1. The van der Waals surface area contributed by atoms with Gasteiger partial charge in [-0.05, 0) is 36.4 Å². The molecular weight excluding hydrogens is 264 g/mol. The van der Waals surface area contributed by atoms with Gasteiger partial charge >= 0.3 is 0 Å². The zero-order valence-corrected chi connectivity index (χ0v) is 11.0. The summed E-state index contributed by atoms with van der Waals surface area (Å²) in [6, 6.07) is 9.60. The van der Waals surface area contributed by atoms with E-state index < -0.39 is 10.0 Å². The number of nitrogens with one attached hydrogen (secondary N) is 1. The molecule has 0 bridgehead atoms. The van der Waals surface area contributed by atoms with Gasteiger partial charge in [0.15, 0.2) is 5.78 Å². The highest BCUT2D eigenvalue weighted by molar-refractivity contribution is 7.92. The minimum absolute atomic E-state index is 0.154. The van der Waals surface area contributed by atoms with Crippen LogP contribution < -0.4 is 4.72 Å². The first-order chi connectivity index (χ1) is 8.96. The van der Waals surface area contributed by atoms with E-state index >= 15 is 0 Å². The van der Waals surface area contributed by atoms with Gasteiger partial charge in [0.1, 0.15) is 0 Å². The molecule has 0 spiro atoms. The molecule has 0 radical (unpaired) electrons. The lowest BCUT2D eigenvalue weighted by Crippen LogP contribution is -2.09. The molecule has 1 aromatic heterocycles. The van der Waals surface area contributed by atoms with E-state index in [0.717, 1.165) is 6.26 Å². The maximum absolute atomic E-state index is 12.1. The lowest BCUT2D eigenvalue weighted by molar-refractivity contribution is 0.103. The van der Waals surface area contributed by atoms with Crippen LogP contribution in [0.2, 0.25) is 0 Å². The number of aromatic nitrogens is 1. The van der Waals surface area contributed by atoms with Crippen LogP contribution in [-0.2, 0) is 10.0 Å². The van der Waals surface area contributed by atoms with E-state index in [1.165, 1.54) is 6.20 Å². The van der Waals surface area contributed by atoms with Crippen LogP contribution in [0.25, 0.3) is 0 Å². The van der Waals surface area contributed by atoms with Crippen molar-refractivity contribution in [3.63, 3.8) is 0 Å². The Labute approximate surface area is 111 Å². The number of benzene rings is 1. The summed E-state index contributed by atoms with van der Waals surface area (Å²) in [5, 5.41) is 0. The Morgan fingerprint density at radius 2 is 1.79 bits per heavy atom. The van der Waals surface area contributed by atoms with E-state index in [0.29, 0.717) is 16.8 Å². The van der Waals surface area contributed by atoms with E-state index in [9.17, 15) is 13.2 Å². The first-order valence-electron chi connectivity index (χ1n) is 5.48. The fourth-order valence-corrected chi connectivity index (χ4v) is 2.13. The van der Waals surface area contributed by atoms with Gasteiger partial charge in [0.25, 0.3) is 0 Å². The van der Waals surface area contributed by atoms with Crippen molar-refractivity contribution >= 4 is 21.5 Å². The normalized spacial score (nSPS) is 11.0. The van der Waals surface area contributed by atoms with Gasteiger partial charge in [0, 0.05) is 29.2 Å². The van der Waals surface area contributed by atoms with Gasteiger partial charge in [-0.2, -0.15) is 0 Å². The molecule has 19 heavy (non-hydrogen) atoms. The molecule has 0 atom stereocenters. The number of hydrogen-bond donors (Lipinski definition) is 1. The molecule has 0 amide bonds. The molecule has 2 aromatic rings. The molecule has 0 aliphatic rings. The summed E-state index contributed by atoms with van der Waals surface area (Å²) in [5.74, 6) is -0.154. The standard InChI is InChI=1S/C13H12N2O3S/c1-19(17,18)15-12-6-4-10(5-7-12)13(16)11-3-2-8-14-9-11/h2-9,15H,1H3. The van der Waals surface area contributed by atoms with Gasteiger partial charge < -0.3 is 0 Å². The summed E-state index contributed by atoms with van der Waals surface area (Å²) in [4.78, 5) is 15.9. The molecule has 0 unspecified atom stereocenters. The highest BCUT2D eigenvalue weighted by Gasteiger charge is 2.09. The molecule has 5 nitrogen and oxygen atoms in total. The third-order valence-corrected chi connectivity index (χ3v) is 2.98. The second-order valence-electron chi connectivity index (χ2n) is 4.02. The SMILES string of the molecule is CS(=O)(=O)Nc1ccc(C(=O)c2cccnc2)cc1. The first-order valence-corrected chi connectivity index (χ1v) is 7.37. The largest absolute Gasteiger partial charge is 0.289 e. The summed E-state index contributed by atoms with van der Waals surface area (Å²) >= 11 is 0. The number of ketones is 1. The second kappa shape index (κ2) is 5.19. The fourth-order valence-electron chi connectivity index (χ4n) is 1.57. The maximum Gasteiger partial charge on any atom is 0.229 e. The van der Waals surface area contributed by atoms with Crippen LogP contribution >= 0.6 is 0 Å². The smallest absolute Gasteiger partial charge is 0.229 e. The molecule has 98 valence electrons. The van der Waals surface area contributed by atoms with Crippen LogP contribution in [0.5, 0.6) is 0 Å². The number of hydrogen-bond acceptors (Lipinski definition) is 4. The van der Waals surface area contributed by atoms with Gasteiger partial charge in [-0.3, -0.25) is 14.5 Å². The number of sulfonamides is 1. The summed E-state index contributed by atoms with van der Waals surface area (Å²) in [5.41, 5.74) is 1.39. The Bertz CT molecular complexity index is 680. The first kappa shape index (κ1) is 13.2. The van der Waals surface area contributed by atoms with E-state index in [1.807, 2.05) is 0 Å². The number of nitrogens with zero attached hydrogens (tertiary/aromatic N) is 1. The molecular formula is C13H12N2O3S. The van der Waals surface area contributed by atoms with Crippen molar-refractivity contribution in [3.05, 3.63) is 59.9 Å². The highest BCUT2D eigenvalue weighted by Crippen LogP contribution is 2.14. The van der Waals surface area contributed by atoms with Gasteiger partial charge in [0.05, 0.1) is 6.26 Å². The van der Waals surface area contributed by atoms with Gasteiger partial charge in [-0.15, -0.1) is 0 Å². The van der Waals surface area contributed by atoms with Crippen LogP contribution in [0.1, 0.15) is 15.9 Å². The number of rotatable bonds is 4. The van der Waals surface area contributed by atoms with E-state index in [-0.39, 0.29) is 5.78 Å². The number of carbonyl (C=O) groups excluding carboxylic acids is 1. The van der Waals surface area contributed by atoms with E-state index in [1.54, 1.807) is 42.6 Å². The Hall–Kier alpha value is -2.21. The number of pyridine rings is 1. The van der Waals surface area contributed by atoms with Crippen molar-refractivity contribution in [2.75, 3.05) is 11.0 Å². The molecule has 0 aliphatic heterocycles. The van der Waals surface area contributed by atoms with Crippen LogP contribution in [-0.4, -0.2) is 25.4 Å². The minimum atomic E-state index is -3.31. The average Bonchev–Trinajstić information content (AvgIpc) is 2.38. The lowest BCUT2D eigenvalue weighted by Gasteiger charge is -2.05. The van der Waals surface area contributed by atoms with Crippen LogP contribution in [0.15, 0.2) is 48.8 Å². The van der Waals surface area contributed by atoms with Gasteiger partial charge in [0.2, 0.25) is 10.0 Å². The maximum atomic E-state index is 12.1. The fraction of sp³-hybridized carbons (Fsp3) is 0.0769. The quantitative estimate of drug-likeness (QED) is 0.862. The summed E-state index contributed by atoms with van der Waals surface area (Å²) in [6.07, 6.45) is 4.16. The minimum Gasteiger partial charge on any atom is -0.289 e.